The fourth-order valence-corrected chi connectivity index (χ4v) is 4.69. The highest BCUT2D eigenvalue weighted by molar-refractivity contribution is 6.22. The SMILES string of the molecule is CCOc1ccc(NC(=O)C[C@H]2C(=O)N(c3ccc(C)cc3)C(=O)N2C2CCCCC2)cc1. The molecule has 1 saturated heterocycles. The van der Waals surface area contributed by atoms with Gasteiger partial charge < -0.3 is 15.0 Å². The zero-order chi connectivity index (χ0) is 23.4. The number of ether oxygens (including phenoxy) is 1. The number of hydrogen-bond donors (Lipinski definition) is 1. The van der Waals surface area contributed by atoms with Crippen molar-refractivity contribution >= 4 is 29.2 Å². The normalized spacial score (nSPS) is 19.2. The van der Waals surface area contributed by atoms with Crippen molar-refractivity contribution < 1.29 is 19.1 Å². The van der Waals surface area contributed by atoms with Gasteiger partial charge in [0, 0.05) is 11.7 Å². The van der Waals surface area contributed by atoms with Gasteiger partial charge in [-0.25, -0.2) is 9.69 Å². The van der Waals surface area contributed by atoms with Crippen molar-refractivity contribution in [1.82, 2.24) is 4.90 Å². The van der Waals surface area contributed by atoms with E-state index < -0.39 is 6.04 Å². The van der Waals surface area contributed by atoms with E-state index in [1.807, 2.05) is 26.0 Å². The molecule has 2 aliphatic rings. The lowest BCUT2D eigenvalue weighted by Crippen LogP contribution is -2.45. The van der Waals surface area contributed by atoms with Crippen LogP contribution in [0, 0.1) is 6.92 Å². The fourth-order valence-electron chi connectivity index (χ4n) is 4.69. The molecular weight excluding hydrogens is 418 g/mol. The maximum absolute atomic E-state index is 13.4. The first-order valence-corrected chi connectivity index (χ1v) is 11.7. The van der Waals surface area contributed by atoms with Crippen molar-refractivity contribution in [3.63, 3.8) is 0 Å². The summed E-state index contributed by atoms with van der Waals surface area (Å²) in [6.45, 7) is 4.44. The number of aryl methyl sites for hydroxylation is 1. The van der Waals surface area contributed by atoms with Gasteiger partial charge >= 0.3 is 6.03 Å². The summed E-state index contributed by atoms with van der Waals surface area (Å²) in [5.41, 5.74) is 2.22. The molecule has 1 aliphatic carbocycles. The highest BCUT2D eigenvalue weighted by atomic mass is 16.5. The lowest BCUT2D eigenvalue weighted by molar-refractivity contribution is -0.125. The third kappa shape index (κ3) is 5.02. The van der Waals surface area contributed by atoms with Crippen LogP contribution < -0.4 is 15.0 Å². The summed E-state index contributed by atoms with van der Waals surface area (Å²) in [5.74, 6) is 0.0948. The number of carbonyl (C=O) groups is 3. The Morgan fingerprint density at radius 3 is 2.30 bits per heavy atom. The van der Waals surface area contributed by atoms with Crippen LogP contribution in [0.3, 0.4) is 0 Å². The average Bonchev–Trinajstić information content (AvgIpc) is 3.06. The fraction of sp³-hybridized carbons (Fsp3) is 0.423. The average molecular weight is 450 g/mol. The van der Waals surface area contributed by atoms with Crippen molar-refractivity contribution in [3.05, 3.63) is 54.1 Å². The van der Waals surface area contributed by atoms with Crippen LogP contribution in [0.5, 0.6) is 5.75 Å². The standard InChI is InChI=1S/C26H31N3O4/c1-3-33-22-15-11-19(12-16-22)27-24(30)17-23-25(31)29(21-13-9-18(2)10-14-21)26(32)28(23)20-7-5-4-6-8-20/h9-16,20,23H,3-8,17H2,1-2H3,(H,27,30)/t23-/m0/s1. The van der Waals surface area contributed by atoms with Gasteiger partial charge in [0.25, 0.3) is 5.91 Å². The number of carbonyl (C=O) groups excluding carboxylic acids is 3. The predicted octanol–water partition coefficient (Wildman–Crippen LogP) is 4.89. The van der Waals surface area contributed by atoms with E-state index in [0.29, 0.717) is 18.0 Å². The van der Waals surface area contributed by atoms with Gasteiger partial charge in [0.2, 0.25) is 5.91 Å². The first-order chi connectivity index (χ1) is 16.0. The Bertz CT molecular complexity index is 997. The number of hydrogen-bond acceptors (Lipinski definition) is 4. The van der Waals surface area contributed by atoms with Crippen molar-refractivity contribution in [2.45, 2.75) is 64.5 Å². The Balaban J connectivity index is 1.53. The number of urea groups is 1. The summed E-state index contributed by atoms with van der Waals surface area (Å²) in [7, 11) is 0. The van der Waals surface area contributed by atoms with Gasteiger partial charge in [-0.2, -0.15) is 0 Å². The number of amides is 4. The number of benzene rings is 2. The maximum Gasteiger partial charge on any atom is 0.332 e. The molecule has 0 radical (unpaired) electrons. The lowest BCUT2D eigenvalue weighted by atomic mass is 9.93. The predicted molar refractivity (Wildman–Crippen MR) is 127 cm³/mol. The summed E-state index contributed by atoms with van der Waals surface area (Å²) in [5, 5.41) is 2.86. The van der Waals surface area contributed by atoms with Crippen LogP contribution in [0.15, 0.2) is 48.5 Å². The molecule has 33 heavy (non-hydrogen) atoms. The number of rotatable bonds is 7. The Morgan fingerprint density at radius 1 is 1.00 bits per heavy atom. The number of nitrogens with one attached hydrogen (secondary N) is 1. The number of nitrogens with zero attached hydrogens (tertiary/aromatic N) is 2. The van der Waals surface area contributed by atoms with E-state index in [0.717, 1.165) is 43.4 Å². The first-order valence-electron chi connectivity index (χ1n) is 11.7. The van der Waals surface area contributed by atoms with Crippen molar-refractivity contribution in [1.29, 1.82) is 0 Å². The summed E-state index contributed by atoms with van der Waals surface area (Å²) >= 11 is 0. The highest BCUT2D eigenvalue weighted by Gasteiger charge is 2.49. The second-order valence-electron chi connectivity index (χ2n) is 8.72. The maximum atomic E-state index is 13.4. The first kappa shape index (κ1) is 22.8. The second-order valence-corrected chi connectivity index (χ2v) is 8.72. The molecule has 1 heterocycles. The molecule has 2 aromatic rings. The van der Waals surface area contributed by atoms with Crippen LogP contribution in [0.2, 0.25) is 0 Å². The summed E-state index contributed by atoms with van der Waals surface area (Å²) < 4.78 is 5.43. The van der Waals surface area contributed by atoms with E-state index in [9.17, 15) is 14.4 Å². The van der Waals surface area contributed by atoms with Crippen LogP contribution >= 0.6 is 0 Å². The van der Waals surface area contributed by atoms with Crippen LogP contribution in [0.25, 0.3) is 0 Å². The molecular formula is C26H31N3O4. The van der Waals surface area contributed by atoms with Gasteiger partial charge in [-0.05, 0) is 63.1 Å². The molecule has 7 heteroatoms. The largest absolute Gasteiger partial charge is 0.494 e. The molecule has 0 bridgehead atoms. The molecule has 2 fully saturated rings. The second kappa shape index (κ2) is 10.1. The Morgan fingerprint density at radius 2 is 1.67 bits per heavy atom. The van der Waals surface area contributed by atoms with Crippen LogP contribution in [-0.4, -0.2) is 41.4 Å². The van der Waals surface area contributed by atoms with Crippen LogP contribution in [0.4, 0.5) is 16.2 Å². The van der Waals surface area contributed by atoms with Gasteiger partial charge in [0.05, 0.1) is 18.7 Å². The zero-order valence-corrected chi connectivity index (χ0v) is 19.3. The molecule has 4 rings (SSSR count). The summed E-state index contributed by atoms with van der Waals surface area (Å²) in [4.78, 5) is 42.7. The highest BCUT2D eigenvalue weighted by Crippen LogP contribution is 2.33. The Kier molecular flexibility index (Phi) is 6.96. The Labute approximate surface area is 194 Å². The minimum Gasteiger partial charge on any atom is -0.494 e. The molecule has 0 aromatic heterocycles. The van der Waals surface area contributed by atoms with Crippen LogP contribution in [0.1, 0.15) is 51.0 Å². The van der Waals surface area contributed by atoms with E-state index in [1.54, 1.807) is 41.3 Å². The number of imide groups is 1. The molecule has 1 aliphatic heterocycles. The van der Waals surface area contributed by atoms with E-state index in [1.165, 1.54) is 4.90 Å². The molecule has 4 amide bonds. The van der Waals surface area contributed by atoms with E-state index >= 15 is 0 Å². The molecule has 174 valence electrons. The number of anilines is 2. The van der Waals surface area contributed by atoms with Gasteiger partial charge in [-0.15, -0.1) is 0 Å². The summed E-state index contributed by atoms with van der Waals surface area (Å²) in [6.07, 6.45) is 4.83. The van der Waals surface area contributed by atoms with Crippen LogP contribution in [-0.2, 0) is 9.59 Å². The van der Waals surface area contributed by atoms with E-state index in [4.69, 9.17) is 4.74 Å². The molecule has 1 N–H and O–H groups in total. The van der Waals surface area contributed by atoms with Crippen molar-refractivity contribution in [2.24, 2.45) is 0 Å². The Hall–Kier alpha value is -3.35. The molecule has 2 aromatic carbocycles. The zero-order valence-electron chi connectivity index (χ0n) is 19.3. The van der Waals surface area contributed by atoms with Crippen molar-refractivity contribution in [3.8, 4) is 5.75 Å². The van der Waals surface area contributed by atoms with Crippen molar-refractivity contribution in [2.75, 3.05) is 16.8 Å². The van der Waals surface area contributed by atoms with Gasteiger partial charge in [-0.3, -0.25) is 9.59 Å². The molecule has 0 unspecified atom stereocenters. The molecule has 1 saturated carbocycles. The summed E-state index contributed by atoms with van der Waals surface area (Å²) in [6, 6.07) is 13.3. The minimum atomic E-state index is -0.801. The molecule has 7 nitrogen and oxygen atoms in total. The topological polar surface area (TPSA) is 79.0 Å². The van der Waals surface area contributed by atoms with Gasteiger partial charge in [0.15, 0.2) is 0 Å². The van der Waals surface area contributed by atoms with Gasteiger partial charge in [0.1, 0.15) is 11.8 Å². The quantitative estimate of drug-likeness (QED) is 0.610. The monoisotopic (exact) mass is 449 g/mol. The van der Waals surface area contributed by atoms with Gasteiger partial charge in [-0.1, -0.05) is 37.0 Å². The third-order valence-electron chi connectivity index (χ3n) is 6.34. The smallest absolute Gasteiger partial charge is 0.332 e. The van der Waals surface area contributed by atoms with E-state index in [2.05, 4.69) is 5.32 Å². The third-order valence-corrected chi connectivity index (χ3v) is 6.34. The minimum absolute atomic E-state index is 0.0195. The van der Waals surface area contributed by atoms with E-state index in [-0.39, 0.29) is 30.3 Å². The molecule has 0 spiro atoms. The molecule has 1 atom stereocenters. The lowest BCUT2D eigenvalue weighted by Gasteiger charge is -2.33.